The molecule has 0 aliphatic heterocycles. The van der Waals surface area contributed by atoms with Crippen molar-refractivity contribution in [2.45, 2.75) is 56.3 Å². The van der Waals surface area contributed by atoms with E-state index in [1.807, 2.05) is 36.6 Å². The van der Waals surface area contributed by atoms with Gasteiger partial charge in [0.25, 0.3) is 0 Å². The number of rotatable bonds is 17. The number of hydrogen-bond donors (Lipinski definition) is 7. The van der Waals surface area contributed by atoms with Gasteiger partial charge in [0.15, 0.2) is 0 Å². The van der Waals surface area contributed by atoms with E-state index in [9.17, 15) is 34.2 Å². The number of aromatic amines is 1. The first-order valence-electron chi connectivity index (χ1n) is 13.8. The molecule has 0 bridgehead atoms. The minimum atomic E-state index is -1.28. The van der Waals surface area contributed by atoms with E-state index in [1.165, 1.54) is 11.8 Å². The van der Waals surface area contributed by atoms with E-state index >= 15 is 0 Å². The summed E-state index contributed by atoms with van der Waals surface area (Å²) in [6.07, 6.45) is 3.23. The number of thioether (sulfide) groups is 1. The van der Waals surface area contributed by atoms with Crippen LogP contribution in [0.1, 0.15) is 30.4 Å². The highest BCUT2D eigenvalue weighted by Crippen LogP contribution is 2.19. The van der Waals surface area contributed by atoms with E-state index < -0.39 is 60.2 Å². The van der Waals surface area contributed by atoms with Crippen molar-refractivity contribution >= 4 is 52.3 Å². The van der Waals surface area contributed by atoms with Crippen LogP contribution in [0.3, 0.4) is 0 Å². The zero-order chi connectivity index (χ0) is 31.4. The number of benzene rings is 2. The van der Waals surface area contributed by atoms with E-state index in [4.69, 9.17) is 5.73 Å². The van der Waals surface area contributed by atoms with Crippen LogP contribution in [-0.2, 0) is 36.8 Å². The summed E-state index contributed by atoms with van der Waals surface area (Å²) in [5.41, 5.74) is 8.40. The molecule has 0 saturated heterocycles. The Morgan fingerprint density at radius 1 is 0.814 bits per heavy atom. The van der Waals surface area contributed by atoms with E-state index in [1.54, 1.807) is 30.5 Å². The number of para-hydroxylation sites is 1. The Morgan fingerprint density at radius 2 is 1.42 bits per heavy atom. The van der Waals surface area contributed by atoms with Crippen LogP contribution in [0.25, 0.3) is 10.9 Å². The fraction of sp³-hybridized carbons (Fsp3) is 0.367. The second kappa shape index (κ2) is 16.3. The predicted octanol–water partition coefficient (Wildman–Crippen LogP) is 1.44. The summed E-state index contributed by atoms with van der Waals surface area (Å²) in [5, 5.41) is 27.5. The van der Waals surface area contributed by atoms with Crippen LogP contribution in [-0.4, -0.2) is 81.0 Å². The normalized spacial score (nSPS) is 13.8. The SMILES string of the molecule is CSCCC(NC(=O)C(CCC(=O)O)NC(=O)C(N)Cc1ccccc1)C(=O)NC(Cc1c[nH]c2ccccc12)C(=O)O. The van der Waals surface area contributed by atoms with E-state index in [0.29, 0.717) is 11.3 Å². The number of nitrogens with one attached hydrogen (secondary N) is 4. The molecular formula is C30H37N5O7S. The molecule has 2 aromatic carbocycles. The van der Waals surface area contributed by atoms with Gasteiger partial charge in [-0.2, -0.15) is 11.8 Å². The maximum Gasteiger partial charge on any atom is 0.326 e. The summed E-state index contributed by atoms with van der Waals surface area (Å²) in [5.74, 6) is -4.08. The minimum absolute atomic E-state index is 0.00484. The number of H-pyrrole nitrogens is 1. The van der Waals surface area contributed by atoms with E-state index in [0.717, 1.165) is 16.5 Å². The predicted molar refractivity (Wildman–Crippen MR) is 163 cm³/mol. The monoisotopic (exact) mass is 611 g/mol. The van der Waals surface area contributed by atoms with Crippen molar-refractivity contribution in [3.05, 3.63) is 71.9 Å². The van der Waals surface area contributed by atoms with Crippen molar-refractivity contribution in [1.29, 1.82) is 0 Å². The van der Waals surface area contributed by atoms with Gasteiger partial charge in [0.1, 0.15) is 18.1 Å². The number of aliphatic carboxylic acids is 2. The van der Waals surface area contributed by atoms with Gasteiger partial charge in [-0.05, 0) is 48.5 Å². The van der Waals surface area contributed by atoms with Crippen LogP contribution in [0.4, 0.5) is 0 Å². The summed E-state index contributed by atoms with van der Waals surface area (Å²) in [4.78, 5) is 65.9. The molecule has 3 amide bonds. The van der Waals surface area contributed by atoms with Gasteiger partial charge in [0.2, 0.25) is 17.7 Å². The molecule has 1 aromatic heterocycles. The Hall–Kier alpha value is -4.36. The van der Waals surface area contributed by atoms with Crippen molar-refractivity contribution in [3.63, 3.8) is 0 Å². The van der Waals surface area contributed by atoms with Crippen LogP contribution in [0.5, 0.6) is 0 Å². The van der Waals surface area contributed by atoms with Crippen LogP contribution in [0, 0.1) is 0 Å². The average Bonchev–Trinajstić information content (AvgIpc) is 3.39. The molecule has 0 saturated carbocycles. The molecular weight excluding hydrogens is 574 g/mol. The van der Waals surface area contributed by atoms with E-state index in [-0.39, 0.29) is 25.7 Å². The van der Waals surface area contributed by atoms with Crippen LogP contribution >= 0.6 is 11.8 Å². The number of carbonyl (C=O) groups is 5. The van der Waals surface area contributed by atoms with Gasteiger partial charge in [0, 0.05) is 29.9 Å². The summed E-state index contributed by atoms with van der Waals surface area (Å²) >= 11 is 1.43. The Labute approximate surface area is 253 Å². The van der Waals surface area contributed by atoms with Crippen LogP contribution in [0.2, 0.25) is 0 Å². The van der Waals surface area contributed by atoms with Crippen molar-refractivity contribution in [1.82, 2.24) is 20.9 Å². The number of amides is 3. The molecule has 1 heterocycles. The van der Waals surface area contributed by atoms with Gasteiger partial charge >= 0.3 is 11.9 Å². The number of hydrogen-bond acceptors (Lipinski definition) is 7. The summed E-state index contributed by atoms with van der Waals surface area (Å²) in [6.45, 7) is 0. The summed E-state index contributed by atoms with van der Waals surface area (Å²) in [6, 6.07) is 11.7. The Bertz CT molecular complexity index is 1410. The molecule has 0 radical (unpaired) electrons. The third-order valence-electron chi connectivity index (χ3n) is 6.87. The number of carboxylic acid groups (broad SMARTS) is 2. The maximum atomic E-state index is 13.3. The second-order valence-corrected chi connectivity index (χ2v) is 11.1. The number of aromatic nitrogens is 1. The van der Waals surface area contributed by atoms with Gasteiger partial charge in [-0.25, -0.2) is 4.79 Å². The molecule has 230 valence electrons. The zero-order valence-corrected chi connectivity index (χ0v) is 24.6. The molecule has 12 nitrogen and oxygen atoms in total. The number of nitrogens with two attached hydrogens (primary N) is 1. The first kappa shape index (κ1) is 33.1. The largest absolute Gasteiger partial charge is 0.481 e. The molecule has 3 aromatic rings. The maximum absolute atomic E-state index is 13.3. The first-order valence-corrected chi connectivity index (χ1v) is 15.2. The van der Waals surface area contributed by atoms with Crippen molar-refractivity contribution in [2.75, 3.05) is 12.0 Å². The fourth-order valence-corrected chi connectivity index (χ4v) is 5.02. The molecule has 8 N–H and O–H groups in total. The highest BCUT2D eigenvalue weighted by atomic mass is 32.2. The van der Waals surface area contributed by atoms with Gasteiger partial charge in [0.05, 0.1) is 6.04 Å². The standard InChI is InChI=1S/C30H37N5O7S/c1-43-14-13-24(29(40)35-25(30(41)42)16-19-17-32-22-10-6-5-9-20(19)22)34-28(39)23(11-12-26(36)37)33-27(38)21(31)15-18-7-3-2-4-8-18/h2-10,17,21,23-25,32H,11-16,31H2,1H3,(H,33,38)(H,34,39)(H,35,40)(H,36,37)(H,41,42). The molecule has 0 aliphatic rings. The summed E-state index contributed by atoms with van der Waals surface area (Å²) in [7, 11) is 0. The topological polar surface area (TPSA) is 204 Å². The molecule has 4 unspecified atom stereocenters. The Kier molecular flexibility index (Phi) is 12.6. The lowest BCUT2D eigenvalue weighted by molar-refractivity contribution is -0.142. The lowest BCUT2D eigenvalue weighted by atomic mass is 10.0. The second-order valence-electron chi connectivity index (χ2n) is 10.1. The minimum Gasteiger partial charge on any atom is -0.481 e. The molecule has 13 heteroatoms. The van der Waals surface area contributed by atoms with Gasteiger partial charge in [-0.15, -0.1) is 0 Å². The summed E-state index contributed by atoms with van der Waals surface area (Å²) < 4.78 is 0. The van der Waals surface area contributed by atoms with Crippen LogP contribution in [0.15, 0.2) is 60.8 Å². The van der Waals surface area contributed by atoms with Gasteiger partial charge < -0.3 is 36.9 Å². The highest BCUT2D eigenvalue weighted by molar-refractivity contribution is 7.98. The molecule has 3 rings (SSSR count). The van der Waals surface area contributed by atoms with Gasteiger partial charge in [-0.3, -0.25) is 19.2 Å². The lowest BCUT2D eigenvalue weighted by Crippen LogP contribution is -2.57. The third kappa shape index (κ3) is 10.1. The van der Waals surface area contributed by atoms with Crippen molar-refractivity contribution in [2.24, 2.45) is 5.73 Å². The number of fused-ring (bicyclic) bond motifs is 1. The first-order chi connectivity index (χ1) is 20.6. The van der Waals surface area contributed by atoms with Crippen molar-refractivity contribution < 1.29 is 34.2 Å². The van der Waals surface area contributed by atoms with Gasteiger partial charge in [-0.1, -0.05) is 48.5 Å². The molecule has 4 atom stereocenters. The highest BCUT2D eigenvalue weighted by Gasteiger charge is 2.31. The smallest absolute Gasteiger partial charge is 0.326 e. The zero-order valence-electron chi connectivity index (χ0n) is 23.7. The fourth-order valence-electron chi connectivity index (χ4n) is 4.55. The lowest BCUT2D eigenvalue weighted by Gasteiger charge is -2.25. The Morgan fingerprint density at radius 3 is 2.07 bits per heavy atom. The molecule has 0 fully saturated rings. The number of carboxylic acids is 2. The van der Waals surface area contributed by atoms with E-state index in [2.05, 4.69) is 20.9 Å². The molecule has 0 aliphatic carbocycles. The average molecular weight is 612 g/mol. The molecule has 0 spiro atoms. The quantitative estimate of drug-likeness (QED) is 0.118. The van der Waals surface area contributed by atoms with Crippen molar-refractivity contribution in [3.8, 4) is 0 Å². The Balaban J connectivity index is 1.71. The molecule has 43 heavy (non-hydrogen) atoms. The van der Waals surface area contributed by atoms with Crippen LogP contribution < -0.4 is 21.7 Å². The third-order valence-corrected chi connectivity index (χ3v) is 7.52. The number of carbonyl (C=O) groups excluding carboxylic acids is 3.